The number of carbonyl (C=O) groups excluding carboxylic acids is 2. The Kier molecular flexibility index (Phi) is 4.24. The van der Waals surface area contributed by atoms with Gasteiger partial charge in [-0.2, -0.15) is 0 Å². The quantitative estimate of drug-likeness (QED) is 0.821. The van der Waals surface area contributed by atoms with E-state index in [9.17, 15) is 9.59 Å². The van der Waals surface area contributed by atoms with Gasteiger partial charge in [-0.15, -0.1) is 0 Å². The first-order valence-corrected chi connectivity index (χ1v) is 7.57. The molecule has 0 atom stereocenters. The zero-order valence-corrected chi connectivity index (χ0v) is 12.2. The third-order valence-electron chi connectivity index (χ3n) is 4.21. The van der Waals surface area contributed by atoms with Crippen LogP contribution in [0.15, 0.2) is 22.8 Å². The topological polar surface area (TPSA) is 57.0 Å². The average Bonchev–Trinajstić information content (AvgIpc) is 3.20. The number of hydrogen-bond donors (Lipinski definition) is 0. The number of carbonyl (C=O) groups is 2. The Bertz CT molecular complexity index is 486. The molecule has 21 heavy (non-hydrogen) atoms. The van der Waals surface area contributed by atoms with Crippen LogP contribution in [0.5, 0.6) is 0 Å². The molecule has 0 aliphatic carbocycles. The Morgan fingerprint density at radius 1 is 1.00 bits per heavy atom. The monoisotopic (exact) mass is 291 g/mol. The molecule has 6 heteroatoms. The number of amides is 2. The molecular formula is C15H21N3O3. The molecule has 0 bridgehead atoms. The van der Waals surface area contributed by atoms with Crippen molar-refractivity contribution in [2.75, 3.05) is 45.8 Å². The summed E-state index contributed by atoms with van der Waals surface area (Å²) in [5.41, 5.74) is 0. The fourth-order valence-electron chi connectivity index (χ4n) is 2.92. The van der Waals surface area contributed by atoms with E-state index in [1.54, 1.807) is 17.0 Å². The van der Waals surface area contributed by atoms with E-state index >= 15 is 0 Å². The summed E-state index contributed by atoms with van der Waals surface area (Å²) in [6, 6.07) is 3.41. The molecule has 1 aromatic rings. The van der Waals surface area contributed by atoms with Crippen molar-refractivity contribution in [1.29, 1.82) is 0 Å². The van der Waals surface area contributed by atoms with Gasteiger partial charge in [0, 0.05) is 39.3 Å². The van der Waals surface area contributed by atoms with Crippen LogP contribution in [0.3, 0.4) is 0 Å². The molecule has 114 valence electrons. The number of hydrogen-bond acceptors (Lipinski definition) is 4. The third-order valence-corrected chi connectivity index (χ3v) is 4.21. The van der Waals surface area contributed by atoms with Gasteiger partial charge >= 0.3 is 0 Å². The van der Waals surface area contributed by atoms with Crippen molar-refractivity contribution in [3.05, 3.63) is 24.2 Å². The van der Waals surface area contributed by atoms with Crippen LogP contribution in [-0.4, -0.2) is 72.3 Å². The maximum absolute atomic E-state index is 12.1. The molecule has 0 unspecified atom stereocenters. The number of furan rings is 1. The van der Waals surface area contributed by atoms with Crippen LogP contribution in [0.2, 0.25) is 0 Å². The first-order chi connectivity index (χ1) is 10.2. The predicted molar refractivity (Wildman–Crippen MR) is 76.9 cm³/mol. The Morgan fingerprint density at radius 2 is 1.71 bits per heavy atom. The van der Waals surface area contributed by atoms with Gasteiger partial charge < -0.3 is 14.2 Å². The standard InChI is InChI=1S/C15H21N3O3/c19-14(17-5-1-2-6-17)12-16-7-9-18(10-8-16)15(20)13-4-3-11-21-13/h3-4,11H,1-2,5-10,12H2. The summed E-state index contributed by atoms with van der Waals surface area (Å²) in [4.78, 5) is 30.1. The summed E-state index contributed by atoms with van der Waals surface area (Å²) in [6.45, 7) is 5.05. The predicted octanol–water partition coefficient (Wildman–Crippen LogP) is 0.660. The second-order valence-electron chi connectivity index (χ2n) is 5.63. The lowest BCUT2D eigenvalue weighted by Gasteiger charge is -2.34. The van der Waals surface area contributed by atoms with Crippen LogP contribution in [0.25, 0.3) is 0 Å². The summed E-state index contributed by atoms with van der Waals surface area (Å²) < 4.78 is 5.14. The molecule has 2 amide bonds. The highest BCUT2D eigenvalue weighted by Gasteiger charge is 2.26. The van der Waals surface area contributed by atoms with Crippen LogP contribution in [0.1, 0.15) is 23.4 Å². The van der Waals surface area contributed by atoms with E-state index in [-0.39, 0.29) is 11.8 Å². The lowest BCUT2D eigenvalue weighted by molar-refractivity contribution is -0.131. The SMILES string of the molecule is O=C(CN1CCN(C(=O)c2ccco2)CC1)N1CCCC1. The Labute approximate surface area is 124 Å². The minimum Gasteiger partial charge on any atom is -0.459 e. The van der Waals surface area contributed by atoms with Crippen LogP contribution in [0, 0.1) is 0 Å². The van der Waals surface area contributed by atoms with Gasteiger partial charge in [0.1, 0.15) is 0 Å². The van der Waals surface area contributed by atoms with Crippen molar-refractivity contribution >= 4 is 11.8 Å². The van der Waals surface area contributed by atoms with Gasteiger partial charge in [0.25, 0.3) is 5.91 Å². The fraction of sp³-hybridized carbons (Fsp3) is 0.600. The highest BCUT2D eigenvalue weighted by Crippen LogP contribution is 2.11. The summed E-state index contributed by atoms with van der Waals surface area (Å²) in [6.07, 6.45) is 3.76. The Balaban J connectivity index is 1.46. The summed E-state index contributed by atoms with van der Waals surface area (Å²) in [5.74, 6) is 0.542. The Hall–Kier alpha value is -1.82. The zero-order valence-electron chi connectivity index (χ0n) is 12.2. The van der Waals surface area contributed by atoms with E-state index in [2.05, 4.69) is 4.90 Å². The van der Waals surface area contributed by atoms with Crippen LogP contribution in [0.4, 0.5) is 0 Å². The van der Waals surface area contributed by atoms with Gasteiger partial charge in [-0.25, -0.2) is 0 Å². The maximum atomic E-state index is 12.1. The van der Waals surface area contributed by atoms with Crippen LogP contribution >= 0.6 is 0 Å². The fourth-order valence-corrected chi connectivity index (χ4v) is 2.92. The number of nitrogens with zero attached hydrogens (tertiary/aromatic N) is 3. The minimum absolute atomic E-state index is 0.0643. The van der Waals surface area contributed by atoms with Crippen molar-refractivity contribution in [1.82, 2.24) is 14.7 Å². The Morgan fingerprint density at radius 3 is 2.33 bits per heavy atom. The third kappa shape index (κ3) is 3.26. The molecule has 2 saturated heterocycles. The zero-order chi connectivity index (χ0) is 14.7. The van der Waals surface area contributed by atoms with E-state index in [0.29, 0.717) is 25.4 Å². The van der Waals surface area contributed by atoms with Crippen molar-refractivity contribution in [2.24, 2.45) is 0 Å². The molecule has 2 aliphatic rings. The van der Waals surface area contributed by atoms with E-state index in [1.165, 1.54) is 6.26 Å². The molecule has 6 nitrogen and oxygen atoms in total. The molecule has 0 N–H and O–H groups in total. The second kappa shape index (κ2) is 6.30. The molecular weight excluding hydrogens is 270 g/mol. The van der Waals surface area contributed by atoms with Crippen molar-refractivity contribution in [2.45, 2.75) is 12.8 Å². The van der Waals surface area contributed by atoms with Crippen LogP contribution < -0.4 is 0 Å². The van der Waals surface area contributed by atoms with Gasteiger partial charge in [-0.3, -0.25) is 14.5 Å². The molecule has 3 heterocycles. The molecule has 0 radical (unpaired) electrons. The van der Waals surface area contributed by atoms with E-state index in [1.807, 2.05) is 4.90 Å². The van der Waals surface area contributed by atoms with Crippen molar-refractivity contribution < 1.29 is 14.0 Å². The van der Waals surface area contributed by atoms with E-state index < -0.39 is 0 Å². The molecule has 0 spiro atoms. The van der Waals surface area contributed by atoms with E-state index in [4.69, 9.17) is 4.42 Å². The molecule has 2 fully saturated rings. The smallest absolute Gasteiger partial charge is 0.289 e. The number of piperazine rings is 1. The lowest BCUT2D eigenvalue weighted by atomic mass is 10.2. The van der Waals surface area contributed by atoms with Gasteiger partial charge in [-0.1, -0.05) is 0 Å². The summed E-state index contributed by atoms with van der Waals surface area (Å²) in [7, 11) is 0. The molecule has 0 aromatic carbocycles. The minimum atomic E-state index is -0.0643. The van der Waals surface area contributed by atoms with Gasteiger partial charge in [0.2, 0.25) is 5.91 Å². The van der Waals surface area contributed by atoms with Gasteiger partial charge in [0.05, 0.1) is 12.8 Å². The highest BCUT2D eigenvalue weighted by molar-refractivity contribution is 5.91. The first kappa shape index (κ1) is 14.1. The van der Waals surface area contributed by atoms with Crippen LogP contribution in [-0.2, 0) is 4.79 Å². The number of likely N-dealkylation sites (tertiary alicyclic amines) is 1. The highest BCUT2D eigenvalue weighted by atomic mass is 16.3. The molecule has 2 aliphatic heterocycles. The summed E-state index contributed by atoms with van der Waals surface area (Å²) in [5, 5.41) is 0. The van der Waals surface area contributed by atoms with Crippen molar-refractivity contribution in [3.8, 4) is 0 Å². The number of rotatable bonds is 3. The van der Waals surface area contributed by atoms with Gasteiger partial charge in [0.15, 0.2) is 5.76 Å². The van der Waals surface area contributed by atoms with Crippen molar-refractivity contribution in [3.63, 3.8) is 0 Å². The maximum Gasteiger partial charge on any atom is 0.289 e. The second-order valence-corrected chi connectivity index (χ2v) is 5.63. The normalized spacial score (nSPS) is 20.0. The van der Waals surface area contributed by atoms with E-state index in [0.717, 1.165) is 39.0 Å². The molecule has 1 aromatic heterocycles. The molecule has 0 saturated carbocycles. The summed E-state index contributed by atoms with van der Waals surface area (Å²) >= 11 is 0. The molecule has 3 rings (SSSR count). The lowest BCUT2D eigenvalue weighted by Crippen LogP contribution is -2.51. The largest absolute Gasteiger partial charge is 0.459 e. The first-order valence-electron chi connectivity index (χ1n) is 7.57. The average molecular weight is 291 g/mol. The van der Waals surface area contributed by atoms with Gasteiger partial charge in [-0.05, 0) is 25.0 Å².